The van der Waals surface area contributed by atoms with E-state index in [4.69, 9.17) is 4.74 Å². The van der Waals surface area contributed by atoms with Crippen LogP contribution in [-0.2, 0) is 19.6 Å². The minimum atomic E-state index is -3.32. The van der Waals surface area contributed by atoms with Crippen LogP contribution in [0.4, 0.5) is 5.69 Å². The Morgan fingerprint density at radius 3 is 2.79 bits per heavy atom. The lowest BCUT2D eigenvalue weighted by atomic mass is 10.1. The van der Waals surface area contributed by atoms with Crippen molar-refractivity contribution in [1.82, 2.24) is 4.98 Å². The number of carbonyl (C=O) groups excluding carboxylic acids is 1. The molecular weight excluding hydrogens is 268 g/mol. The van der Waals surface area contributed by atoms with Gasteiger partial charge in [0.05, 0.1) is 6.26 Å². The third-order valence-electron chi connectivity index (χ3n) is 2.71. The highest BCUT2D eigenvalue weighted by Crippen LogP contribution is 2.28. The van der Waals surface area contributed by atoms with Crippen molar-refractivity contribution in [3.63, 3.8) is 0 Å². The molecule has 1 unspecified atom stereocenters. The molecule has 0 aliphatic heterocycles. The fourth-order valence-electron chi connectivity index (χ4n) is 1.91. The van der Waals surface area contributed by atoms with Gasteiger partial charge < -0.3 is 9.72 Å². The zero-order chi connectivity index (χ0) is 14.0. The van der Waals surface area contributed by atoms with E-state index in [2.05, 4.69) is 9.71 Å². The van der Waals surface area contributed by atoms with Gasteiger partial charge in [-0.25, -0.2) is 8.42 Å². The summed E-state index contributed by atoms with van der Waals surface area (Å²) in [6.45, 7) is 2.13. The number of benzene rings is 1. The molecular formula is C12H14N2O4S. The lowest BCUT2D eigenvalue weighted by Crippen LogP contribution is -2.09. The smallest absolute Gasteiger partial charge is 0.293 e. The fraction of sp³-hybridized carbons (Fsp3) is 0.250. The summed E-state index contributed by atoms with van der Waals surface area (Å²) in [4.78, 5) is 13.4. The van der Waals surface area contributed by atoms with Gasteiger partial charge in [-0.2, -0.15) is 0 Å². The molecule has 19 heavy (non-hydrogen) atoms. The molecule has 0 bridgehead atoms. The molecule has 0 saturated carbocycles. The minimum absolute atomic E-state index is 0.391. The van der Waals surface area contributed by atoms with Crippen LogP contribution < -0.4 is 4.72 Å². The first-order valence-electron chi connectivity index (χ1n) is 5.58. The van der Waals surface area contributed by atoms with Crippen molar-refractivity contribution in [2.45, 2.75) is 13.0 Å². The van der Waals surface area contributed by atoms with Crippen LogP contribution in [0.5, 0.6) is 0 Å². The number of hydrogen-bond acceptors (Lipinski definition) is 4. The lowest BCUT2D eigenvalue weighted by molar-refractivity contribution is -0.133. The van der Waals surface area contributed by atoms with E-state index in [0.29, 0.717) is 12.2 Å². The lowest BCUT2D eigenvalue weighted by Gasteiger charge is -2.09. The average Bonchev–Trinajstić information content (AvgIpc) is 2.70. The maximum Gasteiger partial charge on any atom is 0.293 e. The Labute approximate surface area is 110 Å². The van der Waals surface area contributed by atoms with E-state index in [1.165, 1.54) is 0 Å². The Balaban J connectivity index is 2.45. The van der Waals surface area contributed by atoms with E-state index in [1.54, 1.807) is 31.3 Å². The second-order valence-corrected chi connectivity index (χ2v) is 6.00. The van der Waals surface area contributed by atoms with E-state index in [9.17, 15) is 13.2 Å². The van der Waals surface area contributed by atoms with E-state index in [0.717, 1.165) is 22.7 Å². The van der Waals surface area contributed by atoms with Gasteiger partial charge in [-0.05, 0) is 25.1 Å². The molecule has 0 aliphatic rings. The summed E-state index contributed by atoms with van der Waals surface area (Å²) in [7, 11) is -3.32. The summed E-state index contributed by atoms with van der Waals surface area (Å²) in [5.41, 5.74) is 2.10. The van der Waals surface area contributed by atoms with Gasteiger partial charge in [0.15, 0.2) is 0 Å². The number of anilines is 1. The molecule has 0 fully saturated rings. The van der Waals surface area contributed by atoms with Crippen molar-refractivity contribution < 1.29 is 17.9 Å². The number of ether oxygens (including phenoxy) is 1. The number of aromatic amines is 1. The normalized spacial score (nSPS) is 13.2. The first-order valence-corrected chi connectivity index (χ1v) is 7.48. The van der Waals surface area contributed by atoms with Crippen molar-refractivity contribution >= 4 is 33.1 Å². The van der Waals surface area contributed by atoms with Gasteiger partial charge in [0, 0.05) is 28.4 Å². The molecule has 1 aromatic heterocycles. The topological polar surface area (TPSA) is 88.3 Å². The summed E-state index contributed by atoms with van der Waals surface area (Å²) in [6, 6.07) is 5.13. The Hall–Kier alpha value is -2.02. The maximum atomic E-state index is 11.2. The van der Waals surface area contributed by atoms with E-state index < -0.39 is 16.1 Å². The molecule has 0 amide bonds. The Kier molecular flexibility index (Phi) is 3.48. The highest BCUT2D eigenvalue weighted by atomic mass is 32.2. The first-order chi connectivity index (χ1) is 8.90. The summed E-state index contributed by atoms with van der Waals surface area (Å²) in [6.07, 6.45) is 2.43. The fourth-order valence-corrected chi connectivity index (χ4v) is 2.47. The third kappa shape index (κ3) is 3.05. The number of rotatable bonds is 5. The van der Waals surface area contributed by atoms with Crippen LogP contribution in [0.3, 0.4) is 0 Å². The molecule has 1 aromatic carbocycles. The molecule has 2 N–H and O–H groups in total. The predicted molar refractivity (Wildman–Crippen MR) is 72.3 cm³/mol. The standard InChI is InChI=1S/C12H14N2O4S/c1-8(18-7-15)11-6-13-12-4-3-9(5-10(11)12)14-19(2,16)17/h3-8,13-14H,1-2H3. The van der Waals surface area contributed by atoms with Crippen molar-refractivity contribution in [3.8, 4) is 0 Å². The molecule has 0 aliphatic carbocycles. The molecule has 0 saturated heterocycles. The zero-order valence-electron chi connectivity index (χ0n) is 10.5. The van der Waals surface area contributed by atoms with Crippen LogP contribution in [0.25, 0.3) is 10.9 Å². The first kappa shape index (κ1) is 13.4. The quantitative estimate of drug-likeness (QED) is 0.818. The second kappa shape index (κ2) is 4.93. The van der Waals surface area contributed by atoms with Crippen LogP contribution >= 0.6 is 0 Å². The van der Waals surface area contributed by atoms with Crippen LogP contribution in [0.1, 0.15) is 18.6 Å². The number of sulfonamides is 1. The largest absolute Gasteiger partial charge is 0.460 e. The number of fused-ring (bicyclic) bond motifs is 1. The van der Waals surface area contributed by atoms with Crippen molar-refractivity contribution in [2.24, 2.45) is 0 Å². The molecule has 2 rings (SSSR count). The van der Waals surface area contributed by atoms with Gasteiger partial charge in [0.2, 0.25) is 10.0 Å². The Morgan fingerprint density at radius 1 is 1.42 bits per heavy atom. The van der Waals surface area contributed by atoms with Gasteiger partial charge in [-0.15, -0.1) is 0 Å². The van der Waals surface area contributed by atoms with Crippen molar-refractivity contribution in [2.75, 3.05) is 11.0 Å². The van der Waals surface area contributed by atoms with Crippen LogP contribution in [0.2, 0.25) is 0 Å². The SMILES string of the molecule is CC(OC=O)c1c[nH]c2ccc(NS(C)(=O)=O)cc12. The van der Waals surface area contributed by atoms with E-state index in [-0.39, 0.29) is 0 Å². The Bertz CT molecular complexity index is 706. The molecule has 1 heterocycles. The molecule has 102 valence electrons. The summed E-state index contributed by atoms with van der Waals surface area (Å²) < 4.78 is 29.7. The number of carbonyl (C=O) groups is 1. The third-order valence-corrected chi connectivity index (χ3v) is 3.32. The van der Waals surface area contributed by atoms with E-state index >= 15 is 0 Å². The summed E-state index contributed by atoms with van der Waals surface area (Å²) >= 11 is 0. The zero-order valence-corrected chi connectivity index (χ0v) is 11.3. The second-order valence-electron chi connectivity index (χ2n) is 4.25. The van der Waals surface area contributed by atoms with Gasteiger partial charge in [0.1, 0.15) is 6.10 Å². The van der Waals surface area contributed by atoms with Gasteiger partial charge in [0.25, 0.3) is 6.47 Å². The molecule has 6 nitrogen and oxygen atoms in total. The van der Waals surface area contributed by atoms with Crippen LogP contribution in [-0.4, -0.2) is 26.1 Å². The van der Waals surface area contributed by atoms with Gasteiger partial charge in [-0.1, -0.05) is 0 Å². The number of hydrogen-bond donors (Lipinski definition) is 2. The number of aromatic nitrogens is 1. The molecule has 0 radical (unpaired) electrons. The predicted octanol–water partition coefficient (Wildman–Crippen LogP) is 1.77. The number of H-pyrrole nitrogens is 1. The maximum absolute atomic E-state index is 11.2. The Morgan fingerprint density at radius 2 is 2.16 bits per heavy atom. The van der Waals surface area contributed by atoms with Crippen LogP contribution in [0, 0.1) is 0 Å². The van der Waals surface area contributed by atoms with Gasteiger partial charge >= 0.3 is 0 Å². The molecule has 2 aromatic rings. The van der Waals surface area contributed by atoms with E-state index in [1.807, 2.05) is 0 Å². The highest BCUT2D eigenvalue weighted by molar-refractivity contribution is 7.92. The average molecular weight is 282 g/mol. The van der Waals surface area contributed by atoms with Gasteiger partial charge in [-0.3, -0.25) is 9.52 Å². The summed E-state index contributed by atoms with van der Waals surface area (Å²) in [5.74, 6) is 0. The number of nitrogens with one attached hydrogen (secondary N) is 2. The van der Waals surface area contributed by atoms with Crippen molar-refractivity contribution in [3.05, 3.63) is 30.0 Å². The highest BCUT2D eigenvalue weighted by Gasteiger charge is 2.13. The minimum Gasteiger partial charge on any atom is -0.460 e. The molecule has 1 atom stereocenters. The summed E-state index contributed by atoms with van der Waals surface area (Å²) in [5, 5.41) is 0.808. The van der Waals surface area contributed by atoms with Crippen LogP contribution in [0.15, 0.2) is 24.4 Å². The molecule has 0 spiro atoms. The van der Waals surface area contributed by atoms with Crippen molar-refractivity contribution in [1.29, 1.82) is 0 Å². The monoisotopic (exact) mass is 282 g/mol. The molecule has 7 heteroatoms.